The highest BCUT2D eigenvalue weighted by Crippen LogP contribution is 2.24. The van der Waals surface area contributed by atoms with E-state index in [4.69, 9.17) is 0 Å². The van der Waals surface area contributed by atoms with Gasteiger partial charge in [-0.05, 0) is 43.0 Å². The fourth-order valence-corrected chi connectivity index (χ4v) is 4.62. The van der Waals surface area contributed by atoms with E-state index in [1.165, 1.54) is 18.2 Å². The van der Waals surface area contributed by atoms with E-state index < -0.39 is 0 Å². The first-order chi connectivity index (χ1) is 14.1. The van der Waals surface area contributed by atoms with Crippen molar-refractivity contribution in [1.29, 1.82) is 0 Å². The van der Waals surface area contributed by atoms with Crippen LogP contribution in [0.2, 0.25) is 0 Å². The minimum Gasteiger partial charge on any atom is -0.352 e. The Labute approximate surface area is 173 Å². The van der Waals surface area contributed by atoms with Crippen molar-refractivity contribution in [3.05, 3.63) is 59.0 Å². The molecule has 0 spiro atoms. The zero-order chi connectivity index (χ0) is 20.2. The van der Waals surface area contributed by atoms with Gasteiger partial charge in [0.05, 0.1) is 16.8 Å². The van der Waals surface area contributed by atoms with Crippen LogP contribution in [0.1, 0.15) is 32.6 Å². The molecule has 0 aliphatic heterocycles. The first-order valence-electron chi connectivity index (χ1n) is 9.99. The van der Waals surface area contributed by atoms with E-state index in [0.29, 0.717) is 22.1 Å². The van der Waals surface area contributed by atoms with Crippen LogP contribution in [0, 0.1) is 5.92 Å². The summed E-state index contributed by atoms with van der Waals surface area (Å²) < 4.78 is 1.56. The molecule has 7 heteroatoms. The van der Waals surface area contributed by atoms with E-state index >= 15 is 0 Å². The molecule has 0 bridgehead atoms. The second-order valence-corrected chi connectivity index (χ2v) is 8.41. The molecule has 1 fully saturated rings. The molecule has 1 aliphatic carbocycles. The molecular formula is C22H24N4O2S. The fourth-order valence-electron chi connectivity index (χ4n) is 3.81. The summed E-state index contributed by atoms with van der Waals surface area (Å²) >= 11 is 1.27. The van der Waals surface area contributed by atoms with Gasteiger partial charge in [0.25, 0.3) is 5.56 Å². The molecule has 1 aliphatic rings. The van der Waals surface area contributed by atoms with Gasteiger partial charge in [0, 0.05) is 12.2 Å². The highest BCUT2D eigenvalue weighted by molar-refractivity contribution is 7.99. The zero-order valence-corrected chi connectivity index (χ0v) is 17.2. The first-order valence-corrected chi connectivity index (χ1v) is 11.0. The van der Waals surface area contributed by atoms with Crippen molar-refractivity contribution >= 4 is 28.7 Å². The molecule has 6 nitrogen and oxygen atoms in total. The Balaban J connectivity index is 1.61. The average molecular weight is 409 g/mol. The molecular weight excluding hydrogens is 384 g/mol. The second kappa shape index (κ2) is 8.78. The van der Waals surface area contributed by atoms with E-state index in [1.54, 1.807) is 22.9 Å². The molecule has 2 heterocycles. The van der Waals surface area contributed by atoms with Gasteiger partial charge >= 0.3 is 0 Å². The molecule has 1 saturated carbocycles. The van der Waals surface area contributed by atoms with Crippen molar-refractivity contribution in [3.8, 4) is 5.69 Å². The molecule has 1 aromatic carbocycles. The lowest BCUT2D eigenvalue weighted by Crippen LogP contribution is -2.41. The van der Waals surface area contributed by atoms with Gasteiger partial charge in [-0.2, -0.15) is 0 Å². The molecule has 2 aromatic heterocycles. The topological polar surface area (TPSA) is 76.9 Å². The van der Waals surface area contributed by atoms with Gasteiger partial charge in [-0.3, -0.25) is 14.2 Å². The van der Waals surface area contributed by atoms with Crippen molar-refractivity contribution in [2.45, 2.75) is 43.8 Å². The lowest BCUT2D eigenvalue weighted by Gasteiger charge is -2.29. The largest absolute Gasteiger partial charge is 0.352 e. The number of hydrogen-bond donors (Lipinski definition) is 1. The van der Waals surface area contributed by atoms with E-state index in [9.17, 15) is 9.59 Å². The maximum atomic E-state index is 13.1. The van der Waals surface area contributed by atoms with Gasteiger partial charge in [-0.25, -0.2) is 9.97 Å². The lowest BCUT2D eigenvalue weighted by atomic mass is 9.86. The number of amides is 1. The second-order valence-electron chi connectivity index (χ2n) is 7.47. The molecule has 150 valence electrons. The molecule has 1 amide bonds. The van der Waals surface area contributed by atoms with Crippen molar-refractivity contribution in [2.75, 3.05) is 5.75 Å². The van der Waals surface area contributed by atoms with Crippen LogP contribution in [0.5, 0.6) is 0 Å². The van der Waals surface area contributed by atoms with Crippen LogP contribution in [-0.4, -0.2) is 32.2 Å². The van der Waals surface area contributed by atoms with Crippen molar-refractivity contribution in [1.82, 2.24) is 19.9 Å². The average Bonchev–Trinajstić information content (AvgIpc) is 2.75. The zero-order valence-electron chi connectivity index (χ0n) is 16.4. The summed E-state index contributed by atoms with van der Waals surface area (Å²) in [6, 6.07) is 13.1. The number of fused-ring (bicyclic) bond motifs is 1. The first kappa shape index (κ1) is 19.6. The summed E-state index contributed by atoms with van der Waals surface area (Å²) in [6.45, 7) is 2.20. The van der Waals surface area contributed by atoms with Crippen molar-refractivity contribution in [2.24, 2.45) is 5.92 Å². The lowest BCUT2D eigenvalue weighted by molar-refractivity contribution is -0.119. The van der Waals surface area contributed by atoms with Crippen LogP contribution < -0.4 is 10.9 Å². The highest BCUT2D eigenvalue weighted by atomic mass is 32.2. The molecule has 3 aromatic rings. The maximum Gasteiger partial charge on any atom is 0.268 e. The number of carbonyl (C=O) groups excluding carboxylic acids is 1. The number of thioether (sulfide) groups is 1. The number of hydrogen-bond acceptors (Lipinski definition) is 5. The van der Waals surface area contributed by atoms with Crippen LogP contribution in [0.15, 0.2) is 58.6 Å². The Hall–Kier alpha value is -2.67. The van der Waals surface area contributed by atoms with Crippen LogP contribution in [0.25, 0.3) is 16.7 Å². The van der Waals surface area contributed by atoms with Crippen LogP contribution in [-0.2, 0) is 4.79 Å². The van der Waals surface area contributed by atoms with Crippen LogP contribution in [0.3, 0.4) is 0 Å². The summed E-state index contributed by atoms with van der Waals surface area (Å²) in [6.07, 6.45) is 6.20. The monoisotopic (exact) mass is 408 g/mol. The fraction of sp³-hybridized carbons (Fsp3) is 0.364. The van der Waals surface area contributed by atoms with Gasteiger partial charge in [0.1, 0.15) is 0 Å². The molecule has 2 atom stereocenters. The molecule has 29 heavy (non-hydrogen) atoms. The molecule has 1 N–H and O–H groups in total. The van der Waals surface area contributed by atoms with Gasteiger partial charge in [0.2, 0.25) is 5.91 Å². The normalized spacial score (nSPS) is 19.2. The van der Waals surface area contributed by atoms with Gasteiger partial charge < -0.3 is 5.32 Å². The Morgan fingerprint density at radius 3 is 2.76 bits per heavy atom. The third-order valence-electron chi connectivity index (χ3n) is 5.42. The van der Waals surface area contributed by atoms with E-state index in [2.05, 4.69) is 22.2 Å². The number of nitrogens with one attached hydrogen (secondary N) is 1. The predicted octanol–water partition coefficient (Wildman–Crippen LogP) is 3.57. The van der Waals surface area contributed by atoms with Gasteiger partial charge in [-0.1, -0.05) is 49.7 Å². The standard InChI is InChI=1S/C22H24N4O2S/c1-15-8-5-6-12-18(15)24-19(27)14-29-22-25-20-17(11-7-13-23-20)21(28)26(22)16-9-3-2-4-10-16/h2-4,7,9-11,13,15,18H,5-6,8,12,14H2,1H3,(H,24,27)/t15-,18+/m0/s1. The van der Waals surface area contributed by atoms with E-state index in [-0.39, 0.29) is 23.3 Å². The number of aromatic nitrogens is 3. The Bertz CT molecular complexity index is 1070. The van der Waals surface area contributed by atoms with Crippen molar-refractivity contribution < 1.29 is 4.79 Å². The quantitative estimate of drug-likeness (QED) is 0.516. The Morgan fingerprint density at radius 2 is 1.97 bits per heavy atom. The SMILES string of the molecule is C[C@H]1CCCC[C@H]1NC(=O)CSc1nc2ncccc2c(=O)n1-c1ccccc1. The van der Waals surface area contributed by atoms with Crippen LogP contribution in [0.4, 0.5) is 0 Å². The molecule has 0 radical (unpaired) electrons. The number of nitrogens with zero attached hydrogens (tertiary/aromatic N) is 3. The highest BCUT2D eigenvalue weighted by Gasteiger charge is 2.23. The number of pyridine rings is 1. The third kappa shape index (κ3) is 4.34. The minimum absolute atomic E-state index is 0.0243. The summed E-state index contributed by atoms with van der Waals surface area (Å²) in [4.78, 5) is 34.5. The number of rotatable bonds is 5. The smallest absolute Gasteiger partial charge is 0.268 e. The Morgan fingerprint density at radius 1 is 1.17 bits per heavy atom. The summed E-state index contributed by atoms with van der Waals surface area (Å²) in [5, 5.41) is 4.09. The van der Waals surface area contributed by atoms with E-state index in [0.717, 1.165) is 24.9 Å². The van der Waals surface area contributed by atoms with Crippen molar-refractivity contribution in [3.63, 3.8) is 0 Å². The van der Waals surface area contributed by atoms with E-state index in [1.807, 2.05) is 30.3 Å². The number of benzene rings is 1. The predicted molar refractivity (Wildman–Crippen MR) is 115 cm³/mol. The minimum atomic E-state index is -0.182. The third-order valence-corrected chi connectivity index (χ3v) is 6.36. The summed E-state index contributed by atoms with van der Waals surface area (Å²) in [7, 11) is 0. The number of carbonyl (C=O) groups is 1. The maximum absolute atomic E-state index is 13.1. The van der Waals surface area contributed by atoms with Gasteiger partial charge in [-0.15, -0.1) is 0 Å². The Kier molecular flexibility index (Phi) is 5.94. The summed E-state index contributed by atoms with van der Waals surface area (Å²) in [5.41, 5.74) is 0.936. The van der Waals surface area contributed by atoms with Gasteiger partial charge in [0.15, 0.2) is 10.8 Å². The molecule has 0 saturated heterocycles. The molecule has 0 unspecified atom stereocenters. The van der Waals surface area contributed by atoms with Crippen LogP contribution >= 0.6 is 11.8 Å². The molecule has 4 rings (SSSR count). The summed E-state index contributed by atoms with van der Waals surface area (Å²) in [5.74, 6) is 0.688. The number of para-hydroxylation sites is 1.